The summed E-state index contributed by atoms with van der Waals surface area (Å²) < 4.78 is 44.6. The smallest absolute Gasteiger partial charge is 0.417 e. The fourth-order valence-electron chi connectivity index (χ4n) is 3.17. The number of alkyl halides is 3. The van der Waals surface area contributed by atoms with Gasteiger partial charge in [-0.2, -0.15) is 23.0 Å². The van der Waals surface area contributed by atoms with Gasteiger partial charge in [0.1, 0.15) is 10.8 Å². The van der Waals surface area contributed by atoms with Gasteiger partial charge in [-0.25, -0.2) is 4.98 Å². The minimum absolute atomic E-state index is 0.0567. The van der Waals surface area contributed by atoms with E-state index in [4.69, 9.17) is 16.3 Å². The van der Waals surface area contributed by atoms with Crippen molar-refractivity contribution < 1.29 is 17.9 Å². The van der Waals surface area contributed by atoms with Crippen molar-refractivity contribution in [2.45, 2.75) is 12.6 Å². The van der Waals surface area contributed by atoms with Crippen molar-refractivity contribution in [3.05, 3.63) is 75.3 Å². The Bertz CT molecular complexity index is 1120. The Morgan fingerprint density at radius 3 is 2.73 bits per heavy atom. The summed E-state index contributed by atoms with van der Waals surface area (Å²) in [6, 6.07) is 9.70. The van der Waals surface area contributed by atoms with E-state index in [1.165, 1.54) is 6.20 Å². The van der Waals surface area contributed by atoms with E-state index < -0.39 is 17.3 Å². The summed E-state index contributed by atoms with van der Waals surface area (Å²) in [6.07, 6.45) is -1.70. The molecule has 0 radical (unpaired) electrons. The maximum absolute atomic E-state index is 12.7. The van der Waals surface area contributed by atoms with Crippen LogP contribution in [0.25, 0.3) is 5.82 Å². The van der Waals surface area contributed by atoms with Crippen LogP contribution in [0.15, 0.2) is 53.6 Å². The SMILES string of the molecule is O=c1c(Cl)c(NCC2COc3ccccc3C2)cnn1-c1ccc(C(F)(F)F)cn1. The highest BCUT2D eigenvalue weighted by Crippen LogP contribution is 2.29. The van der Waals surface area contributed by atoms with Gasteiger partial charge in [0.15, 0.2) is 5.82 Å². The Balaban J connectivity index is 1.48. The van der Waals surface area contributed by atoms with Gasteiger partial charge in [0.2, 0.25) is 0 Å². The molecule has 0 bridgehead atoms. The predicted octanol–water partition coefficient (Wildman–Crippen LogP) is 3.96. The molecule has 1 aromatic carbocycles. The maximum atomic E-state index is 12.7. The van der Waals surface area contributed by atoms with Gasteiger partial charge < -0.3 is 10.1 Å². The summed E-state index contributed by atoms with van der Waals surface area (Å²) >= 11 is 6.18. The van der Waals surface area contributed by atoms with E-state index in [9.17, 15) is 18.0 Å². The number of nitrogens with zero attached hydrogens (tertiary/aromatic N) is 3. The number of anilines is 1. The highest BCUT2D eigenvalue weighted by atomic mass is 35.5. The van der Waals surface area contributed by atoms with Gasteiger partial charge in [-0.05, 0) is 30.2 Å². The van der Waals surface area contributed by atoms with Gasteiger partial charge in [0, 0.05) is 18.7 Å². The molecule has 0 saturated heterocycles. The molecule has 10 heteroatoms. The minimum Gasteiger partial charge on any atom is -0.493 e. The Labute approximate surface area is 174 Å². The largest absolute Gasteiger partial charge is 0.493 e. The lowest BCUT2D eigenvalue weighted by atomic mass is 9.97. The topological polar surface area (TPSA) is 69.0 Å². The molecule has 1 aliphatic heterocycles. The van der Waals surface area contributed by atoms with E-state index in [0.717, 1.165) is 34.5 Å². The van der Waals surface area contributed by atoms with Crippen LogP contribution >= 0.6 is 11.6 Å². The number of hydrogen-bond donors (Lipinski definition) is 1. The summed E-state index contributed by atoms with van der Waals surface area (Å²) in [5.41, 5.74) is -0.147. The number of ether oxygens (including phenoxy) is 1. The molecule has 1 unspecified atom stereocenters. The normalized spacial score (nSPS) is 15.9. The second kappa shape index (κ2) is 7.98. The summed E-state index contributed by atoms with van der Waals surface area (Å²) in [5, 5.41) is 6.97. The number of halogens is 4. The van der Waals surface area contributed by atoms with Crippen molar-refractivity contribution in [3.8, 4) is 11.6 Å². The Kier molecular flexibility index (Phi) is 5.38. The first kappa shape index (κ1) is 20.2. The highest BCUT2D eigenvalue weighted by Gasteiger charge is 2.30. The van der Waals surface area contributed by atoms with Crippen LogP contribution in [0.5, 0.6) is 5.75 Å². The zero-order chi connectivity index (χ0) is 21.3. The summed E-state index contributed by atoms with van der Waals surface area (Å²) in [5.74, 6) is 0.994. The molecule has 6 nitrogen and oxygen atoms in total. The molecule has 0 spiro atoms. The van der Waals surface area contributed by atoms with Crippen LogP contribution in [0, 0.1) is 5.92 Å². The van der Waals surface area contributed by atoms with Gasteiger partial charge in [0.05, 0.1) is 24.1 Å². The van der Waals surface area contributed by atoms with Crippen molar-refractivity contribution in [2.24, 2.45) is 5.92 Å². The molecule has 1 aliphatic rings. The number of benzene rings is 1. The number of fused-ring (bicyclic) bond motifs is 1. The fraction of sp³-hybridized carbons (Fsp3) is 0.250. The van der Waals surface area contributed by atoms with Gasteiger partial charge in [-0.1, -0.05) is 29.8 Å². The maximum Gasteiger partial charge on any atom is 0.417 e. The van der Waals surface area contributed by atoms with Crippen molar-refractivity contribution >= 4 is 17.3 Å². The van der Waals surface area contributed by atoms with Crippen LogP contribution in [-0.4, -0.2) is 27.9 Å². The molecule has 0 amide bonds. The average Bonchev–Trinajstić information content (AvgIpc) is 2.74. The second-order valence-corrected chi connectivity index (χ2v) is 7.24. The first-order chi connectivity index (χ1) is 14.3. The van der Waals surface area contributed by atoms with Gasteiger partial charge >= 0.3 is 6.18 Å². The van der Waals surface area contributed by atoms with E-state index in [2.05, 4.69) is 15.4 Å². The van der Waals surface area contributed by atoms with Crippen LogP contribution in [-0.2, 0) is 12.6 Å². The number of pyridine rings is 1. The van der Waals surface area contributed by atoms with Gasteiger partial charge in [-0.3, -0.25) is 4.79 Å². The number of nitrogens with one attached hydrogen (secondary N) is 1. The quantitative estimate of drug-likeness (QED) is 0.670. The van der Waals surface area contributed by atoms with E-state index in [1.54, 1.807) is 0 Å². The summed E-state index contributed by atoms with van der Waals surface area (Å²) in [6.45, 7) is 1.04. The molecule has 3 heterocycles. The molecule has 2 aromatic heterocycles. The number of rotatable bonds is 4. The fourth-order valence-corrected chi connectivity index (χ4v) is 3.37. The van der Waals surface area contributed by atoms with Crippen LogP contribution in [0.2, 0.25) is 5.02 Å². The Morgan fingerprint density at radius 2 is 2.00 bits per heavy atom. The first-order valence-electron chi connectivity index (χ1n) is 9.09. The highest BCUT2D eigenvalue weighted by molar-refractivity contribution is 6.32. The minimum atomic E-state index is -4.52. The molecule has 0 aliphatic carbocycles. The molecule has 1 N–H and O–H groups in total. The molecule has 3 aromatic rings. The molecular weight excluding hydrogens is 421 g/mol. The summed E-state index contributed by atoms with van der Waals surface area (Å²) in [4.78, 5) is 16.2. The van der Waals surface area contributed by atoms with E-state index in [0.29, 0.717) is 25.0 Å². The molecule has 156 valence electrons. The number of para-hydroxylation sites is 1. The van der Waals surface area contributed by atoms with E-state index in [1.807, 2.05) is 24.3 Å². The third-order valence-corrected chi connectivity index (χ3v) is 5.11. The lowest BCUT2D eigenvalue weighted by Gasteiger charge is -2.25. The Hall–Kier alpha value is -3.07. The molecule has 1 atom stereocenters. The second-order valence-electron chi connectivity index (χ2n) is 6.86. The standard InChI is InChI=1S/C20H16ClF3N4O2/c21-18-15(25-8-12-7-13-3-1-2-4-16(13)30-11-12)10-27-28(19(18)29)17-6-5-14(9-26-17)20(22,23)24/h1-6,9-10,12,25H,7-8,11H2. The third-order valence-electron chi connectivity index (χ3n) is 4.75. The Morgan fingerprint density at radius 1 is 1.20 bits per heavy atom. The number of aromatic nitrogens is 3. The van der Waals surface area contributed by atoms with Gasteiger partial charge in [0.25, 0.3) is 5.56 Å². The third kappa shape index (κ3) is 4.11. The van der Waals surface area contributed by atoms with Crippen molar-refractivity contribution in [2.75, 3.05) is 18.5 Å². The van der Waals surface area contributed by atoms with Crippen LogP contribution in [0.4, 0.5) is 18.9 Å². The number of hydrogen-bond acceptors (Lipinski definition) is 5. The van der Waals surface area contributed by atoms with Gasteiger partial charge in [-0.15, -0.1) is 0 Å². The molecule has 4 rings (SSSR count). The van der Waals surface area contributed by atoms with Crippen LogP contribution < -0.4 is 15.6 Å². The monoisotopic (exact) mass is 436 g/mol. The zero-order valence-corrected chi connectivity index (χ0v) is 16.2. The van der Waals surface area contributed by atoms with E-state index >= 15 is 0 Å². The first-order valence-corrected chi connectivity index (χ1v) is 9.47. The zero-order valence-electron chi connectivity index (χ0n) is 15.5. The van der Waals surface area contributed by atoms with Crippen LogP contribution in [0.1, 0.15) is 11.1 Å². The molecular formula is C20H16ClF3N4O2. The molecule has 0 saturated carbocycles. The average molecular weight is 437 g/mol. The van der Waals surface area contributed by atoms with Crippen LogP contribution in [0.3, 0.4) is 0 Å². The van der Waals surface area contributed by atoms with Crippen molar-refractivity contribution in [1.82, 2.24) is 14.8 Å². The lowest BCUT2D eigenvalue weighted by Crippen LogP contribution is -2.29. The molecule has 30 heavy (non-hydrogen) atoms. The van der Waals surface area contributed by atoms with Crippen molar-refractivity contribution in [3.63, 3.8) is 0 Å². The lowest BCUT2D eigenvalue weighted by molar-refractivity contribution is -0.137. The summed E-state index contributed by atoms with van der Waals surface area (Å²) in [7, 11) is 0. The van der Waals surface area contributed by atoms with E-state index in [-0.39, 0.29) is 16.8 Å². The molecule has 0 fully saturated rings. The van der Waals surface area contributed by atoms with Crippen molar-refractivity contribution in [1.29, 1.82) is 0 Å². The predicted molar refractivity (Wildman–Crippen MR) is 105 cm³/mol.